The van der Waals surface area contributed by atoms with E-state index in [4.69, 9.17) is 23.2 Å². The molecule has 3 nitrogen and oxygen atoms in total. The van der Waals surface area contributed by atoms with E-state index < -0.39 is 0 Å². The number of rotatable bonds is 3. The van der Waals surface area contributed by atoms with Gasteiger partial charge in [0, 0.05) is 0 Å². The van der Waals surface area contributed by atoms with E-state index in [1.54, 1.807) is 12.1 Å². The maximum Gasteiger partial charge on any atom is 0.237 e. The molecule has 20 heavy (non-hydrogen) atoms. The largest absolute Gasteiger partial charge is 0.348 e. The van der Waals surface area contributed by atoms with E-state index in [1.165, 1.54) is 0 Å². The van der Waals surface area contributed by atoms with E-state index in [1.807, 2.05) is 13.0 Å². The summed E-state index contributed by atoms with van der Waals surface area (Å²) in [6.45, 7) is 2.86. The van der Waals surface area contributed by atoms with Gasteiger partial charge in [0.05, 0.1) is 22.1 Å². The van der Waals surface area contributed by atoms with Gasteiger partial charge in [-0.25, -0.2) is 0 Å². The van der Waals surface area contributed by atoms with Gasteiger partial charge >= 0.3 is 0 Å². The van der Waals surface area contributed by atoms with Crippen LogP contribution in [0.25, 0.3) is 0 Å². The molecule has 0 spiro atoms. The second-order valence-electron chi connectivity index (χ2n) is 4.91. The van der Waals surface area contributed by atoms with Crippen molar-refractivity contribution in [3.05, 3.63) is 33.8 Å². The quantitative estimate of drug-likeness (QED) is 0.882. The molecular formula is C14H19Cl3N2O. The molecule has 1 unspecified atom stereocenters. The van der Waals surface area contributed by atoms with Gasteiger partial charge in [-0.1, -0.05) is 35.7 Å². The molecule has 2 atom stereocenters. The Bertz CT molecular complexity index is 462. The molecule has 1 amide bonds. The van der Waals surface area contributed by atoms with Gasteiger partial charge in [-0.2, -0.15) is 0 Å². The molecular weight excluding hydrogens is 319 g/mol. The summed E-state index contributed by atoms with van der Waals surface area (Å²) < 4.78 is 0. The van der Waals surface area contributed by atoms with Crippen LogP contribution in [0.2, 0.25) is 10.0 Å². The number of hydrogen-bond acceptors (Lipinski definition) is 2. The van der Waals surface area contributed by atoms with Crippen molar-refractivity contribution < 1.29 is 4.79 Å². The van der Waals surface area contributed by atoms with Gasteiger partial charge in [0.25, 0.3) is 0 Å². The van der Waals surface area contributed by atoms with Crippen LogP contribution in [0.4, 0.5) is 0 Å². The van der Waals surface area contributed by atoms with Crippen LogP contribution in [0.3, 0.4) is 0 Å². The summed E-state index contributed by atoms with van der Waals surface area (Å²) >= 11 is 11.9. The highest BCUT2D eigenvalue weighted by atomic mass is 35.5. The molecule has 0 saturated carbocycles. The fourth-order valence-electron chi connectivity index (χ4n) is 2.25. The average Bonchev–Trinajstić information content (AvgIpc) is 2.42. The molecule has 2 N–H and O–H groups in total. The normalized spacial score (nSPS) is 19.9. The van der Waals surface area contributed by atoms with E-state index in [-0.39, 0.29) is 30.4 Å². The second kappa shape index (κ2) is 8.08. The van der Waals surface area contributed by atoms with Crippen molar-refractivity contribution in [1.82, 2.24) is 10.6 Å². The summed E-state index contributed by atoms with van der Waals surface area (Å²) in [5.74, 6) is 0.0540. The standard InChI is InChI=1S/C14H18Cl2N2O.ClH/c1-9(10-5-6-11(15)12(16)8-10)18-14(19)13-4-2-3-7-17-13;/h5-6,8-9,13,17H,2-4,7H2,1H3,(H,18,19);1H/t9?,13-;/m0./s1. The maximum absolute atomic E-state index is 12.1. The summed E-state index contributed by atoms with van der Waals surface area (Å²) in [5, 5.41) is 7.28. The highest BCUT2D eigenvalue weighted by Crippen LogP contribution is 2.25. The number of carbonyl (C=O) groups excluding carboxylic acids is 1. The van der Waals surface area contributed by atoms with Gasteiger partial charge < -0.3 is 10.6 Å². The minimum Gasteiger partial charge on any atom is -0.348 e. The van der Waals surface area contributed by atoms with Crippen molar-refractivity contribution in [3.63, 3.8) is 0 Å². The van der Waals surface area contributed by atoms with Gasteiger partial charge in [0.1, 0.15) is 0 Å². The first-order chi connectivity index (χ1) is 9.08. The number of benzene rings is 1. The Morgan fingerprint density at radius 3 is 2.70 bits per heavy atom. The Labute approximate surface area is 135 Å². The van der Waals surface area contributed by atoms with Crippen LogP contribution < -0.4 is 10.6 Å². The van der Waals surface area contributed by atoms with E-state index in [0.29, 0.717) is 10.0 Å². The van der Waals surface area contributed by atoms with Crippen molar-refractivity contribution >= 4 is 41.5 Å². The molecule has 112 valence electrons. The zero-order valence-electron chi connectivity index (χ0n) is 11.3. The number of carbonyl (C=O) groups is 1. The molecule has 1 aromatic rings. The summed E-state index contributed by atoms with van der Waals surface area (Å²) in [4.78, 5) is 12.1. The van der Waals surface area contributed by atoms with Gasteiger partial charge in [0.15, 0.2) is 0 Å². The van der Waals surface area contributed by atoms with Crippen LogP contribution in [0.1, 0.15) is 37.8 Å². The molecule has 0 radical (unpaired) electrons. The summed E-state index contributed by atoms with van der Waals surface area (Å²) in [6.07, 6.45) is 3.15. The lowest BCUT2D eigenvalue weighted by molar-refractivity contribution is -0.124. The van der Waals surface area contributed by atoms with Crippen LogP contribution >= 0.6 is 35.6 Å². The van der Waals surface area contributed by atoms with Gasteiger partial charge in [-0.3, -0.25) is 4.79 Å². The molecule has 0 bridgehead atoms. The Hall–Kier alpha value is -0.480. The minimum absolute atomic E-state index is 0. The Balaban J connectivity index is 0.00000200. The zero-order chi connectivity index (χ0) is 13.8. The van der Waals surface area contributed by atoms with Crippen molar-refractivity contribution in [2.24, 2.45) is 0 Å². The number of amides is 1. The Morgan fingerprint density at radius 1 is 1.35 bits per heavy atom. The summed E-state index contributed by atoms with van der Waals surface area (Å²) in [5.41, 5.74) is 0.957. The third-order valence-electron chi connectivity index (χ3n) is 3.43. The van der Waals surface area contributed by atoms with E-state index in [9.17, 15) is 4.79 Å². The van der Waals surface area contributed by atoms with Gasteiger partial charge in [-0.05, 0) is 44.0 Å². The van der Waals surface area contributed by atoms with Crippen LogP contribution in [-0.2, 0) is 4.79 Å². The average molecular weight is 338 g/mol. The zero-order valence-corrected chi connectivity index (χ0v) is 13.6. The molecule has 2 rings (SSSR count). The van der Waals surface area contributed by atoms with Crippen molar-refractivity contribution in [1.29, 1.82) is 0 Å². The van der Waals surface area contributed by atoms with E-state index in [2.05, 4.69) is 10.6 Å². The lowest BCUT2D eigenvalue weighted by atomic mass is 10.0. The first-order valence-corrected chi connectivity index (χ1v) is 7.32. The lowest BCUT2D eigenvalue weighted by Crippen LogP contribution is -2.47. The molecule has 6 heteroatoms. The van der Waals surface area contributed by atoms with Crippen LogP contribution in [0.15, 0.2) is 18.2 Å². The SMILES string of the molecule is CC(NC(=O)[C@@H]1CCCCN1)c1ccc(Cl)c(Cl)c1.Cl. The smallest absolute Gasteiger partial charge is 0.237 e. The van der Waals surface area contributed by atoms with Crippen molar-refractivity contribution in [2.45, 2.75) is 38.3 Å². The Morgan fingerprint density at radius 2 is 2.10 bits per heavy atom. The third kappa shape index (κ3) is 4.52. The monoisotopic (exact) mass is 336 g/mol. The number of piperidine rings is 1. The summed E-state index contributed by atoms with van der Waals surface area (Å²) in [7, 11) is 0. The molecule has 1 heterocycles. The molecule has 1 fully saturated rings. The highest BCUT2D eigenvalue weighted by Gasteiger charge is 2.22. The third-order valence-corrected chi connectivity index (χ3v) is 4.17. The fraction of sp³-hybridized carbons (Fsp3) is 0.500. The first-order valence-electron chi connectivity index (χ1n) is 6.56. The second-order valence-corrected chi connectivity index (χ2v) is 5.72. The topological polar surface area (TPSA) is 41.1 Å². The lowest BCUT2D eigenvalue weighted by Gasteiger charge is -2.24. The molecule has 1 aliphatic rings. The predicted octanol–water partition coefficient (Wildman–Crippen LogP) is 3.73. The van der Waals surface area contributed by atoms with Crippen LogP contribution in [-0.4, -0.2) is 18.5 Å². The molecule has 1 aliphatic heterocycles. The maximum atomic E-state index is 12.1. The number of hydrogen-bond donors (Lipinski definition) is 2. The number of halogens is 3. The van der Waals surface area contributed by atoms with Crippen molar-refractivity contribution in [3.8, 4) is 0 Å². The Kier molecular flexibility index (Phi) is 7.10. The molecule has 1 saturated heterocycles. The van der Waals surface area contributed by atoms with Crippen LogP contribution in [0.5, 0.6) is 0 Å². The van der Waals surface area contributed by atoms with Crippen molar-refractivity contribution in [2.75, 3.05) is 6.54 Å². The van der Waals surface area contributed by atoms with E-state index in [0.717, 1.165) is 31.4 Å². The van der Waals surface area contributed by atoms with Crippen LogP contribution in [0, 0.1) is 0 Å². The van der Waals surface area contributed by atoms with Gasteiger partial charge in [0.2, 0.25) is 5.91 Å². The molecule has 1 aromatic carbocycles. The first kappa shape index (κ1) is 17.6. The molecule has 0 aliphatic carbocycles. The molecule has 0 aromatic heterocycles. The van der Waals surface area contributed by atoms with E-state index >= 15 is 0 Å². The predicted molar refractivity (Wildman–Crippen MR) is 85.9 cm³/mol. The minimum atomic E-state index is -0.0778. The fourth-order valence-corrected chi connectivity index (χ4v) is 2.56. The number of nitrogens with one attached hydrogen (secondary N) is 2. The van der Waals surface area contributed by atoms with Gasteiger partial charge in [-0.15, -0.1) is 12.4 Å². The highest BCUT2D eigenvalue weighted by molar-refractivity contribution is 6.42. The summed E-state index contributed by atoms with van der Waals surface area (Å²) in [6, 6.07) is 5.28.